The van der Waals surface area contributed by atoms with Gasteiger partial charge in [0, 0.05) is 5.56 Å². The molecule has 0 aliphatic rings. The fourth-order valence-corrected chi connectivity index (χ4v) is 1.40. The molecule has 0 radical (unpaired) electrons. The van der Waals surface area contributed by atoms with E-state index in [1.807, 2.05) is 0 Å². The van der Waals surface area contributed by atoms with Crippen LogP contribution in [0.15, 0.2) is 29.4 Å². The second-order valence-corrected chi connectivity index (χ2v) is 4.92. The highest BCUT2D eigenvalue weighted by molar-refractivity contribution is 6.70. The topological polar surface area (TPSA) is 70.9 Å². The summed E-state index contributed by atoms with van der Waals surface area (Å²) < 4.78 is 5.11. The molecule has 5 nitrogen and oxygen atoms in total. The molecular weight excluding hydrogens is 256 g/mol. The molecule has 1 amide bonds. The molecule has 0 atom stereocenters. The van der Waals surface area contributed by atoms with Crippen molar-refractivity contribution in [2.24, 2.45) is 5.16 Å². The molecule has 1 aromatic carbocycles. The van der Waals surface area contributed by atoms with Crippen LogP contribution in [0, 0.1) is 0 Å². The molecular formula is C12H15ClN2O3. The summed E-state index contributed by atoms with van der Waals surface area (Å²) in [5.41, 5.74) is 0.232. The maximum atomic E-state index is 11.6. The van der Waals surface area contributed by atoms with E-state index in [9.17, 15) is 4.79 Å². The molecule has 0 saturated carbocycles. The zero-order valence-corrected chi connectivity index (χ0v) is 11.2. The molecule has 98 valence electrons. The zero-order chi connectivity index (χ0) is 13.8. The van der Waals surface area contributed by atoms with Crippen molar-refractivity contribution in [3.63, 3.8) is 0 Å². The van der Waals surface area contributed by atoms with E-state index in [1.165, 1.54) is 0 Å². The number of para-hydroxylation sites is 1. The van der Waals surface area contributed by atoms with Gasteiger partial charge in [-0.15, -0.1) is 0 Å². The SMILES string of the molecule is CC(C)(C)OC(=O)Nc1ccccc1/C(Cl)=N\O. The van der Waals surface area contributed by atoms with Crippen molar-refractivity contribution in [2.45, 2.75) is 26.4 Å². The van der Waals surface area contributed by atoms with E-state index in [0.717, 1.165) is 0 Å². The van der Waals surface area contributed by atoms with Gasteiger partial charge in [-0.25, -0.2) is 4.79 Å². The van der Waals surface area contributed by atoms with Crippen LogP contribution in [-0.2, 0) is 4.74 Å². The van der Waals surface area contributed by atoms with Gasteiger partial charge in [-0.05, 0) is 32.9 Å². The van der Waals surface area contributed by atoms with Gasteiger partial charge in [-0.1, -0.05) is 28.9 Å². The second-order valence-electron chi connectivity index (χ2n) is 4.56. The maximum Gasteiger partial charge on any atom is 0.412 e. The standard InChI is InChI=1S/C12H15ClN2O3/c1-12(2,3)18-11(16)14-9-7-5-4-6-8(9)10(13)15-17/h4-7,17H,1-3H3,(H,14,16)/b15-10+. The van der Waals surface area contributed by atoms with Crippen LogP contribution in [0.5, 0.6) is 0 Å². The van der Waals surface area contributed by atoms with Crippen LogP contribution >= 0.6 is 11.6 Å². The molecule has 1 aromatic rings. The van der Waals surface area contributed by atoms with E-state index in [2.05, 4.69) is 10.5 Å². The number of nitrogens with one attached hydrogen (secondary N) is 1. The first-order chi connectivity index (χ1) is 8.33. The molecule has 0 spiro atoms. The maximum absolute atomic E-state index is 11.6. The smallest absolute Gasteiger partial charge is 0.412 e. The molecule has 0 aromatic heterocycles. The summed E-state index contributed by atoms with van der Waals surface area (Å²) >= 11 is 5.72. The normalized spacial score (nSPS) is 12.1. The van der Waals surface area contributed by atoms with E-state index in [4.69, 9.17) is 21.5 Å². The minimum absolute atomic E-state index is 0.110. The Morgan fingerprint density at radius 1 is 1.39 bits per heavy atom. The van der Waals surface area contributed by atoms with Gasteiger partial charge in [0.25, 0.3) is 0 Å². The van der Waals surface area contributed by atoms with Crippen LogP contribution in [-0.4, -0.2) is 22.1 Å². The van der Waals surface area contributed by atoms with Crippen molar-refractivity contribution in [2.75, 3.05) is 5.32 Å². The molecule has 0 saturated heterocycles. The Bertz CT molecular complexity index is 467. The molecule has 0 heterocycles. The monoisotopic (exact) mass is 270 g/mol. The van der Waals surface area contributed by atoms with E-state index in [-0.39, 0.29) is 5.17 Å². The number of hydrogen-bond acceptors (Lipinski definition) is 4. The highest BCUT2D eigenvalue weighted by Crippen LogP contribution is 2.19. The molecule has 2 N–H and O–H groups in total. The number of benzene rings is 1. The number of nitrogens with zero attached hydrogens (tertiary/aromatic N) is 1. The lowest BCUT2D eigenvalue weighted by Gasteiger charge is -2.20. The Kier molecular flexibility index (Phi) is 4.55. The molecule has 1 rings (SSSR count). The van der Waals surface area contributed by atoms with Crippen LogP contribution in [0.1, 0.15) is 26.3 Å². The van der Waals surface area contributed by atoms with Gasteiger partial charge < -0.3 is 9.94 Å². The Morgan fingerprint density at radius 3 is 2.56 bits per heavy atom. The van der Waals surface area contributed by atoms with E-state index >= 15 is 0 Å². The van der Waals surface area contributed by atoms with E-state index in [1.54, 1.807) is 45.0 Å². The van der Waals surface area contributed by atoms with Gasteiger partial charge in [0.15, 0.2) is 5.17 Å². The van der Waals surface area contributed by atoms with Crippen molar-refractivity contribution in [1.29, 1.82) is 0 Å². The predicted octanol–water partition coefficient (Wildman–Crippen LogP) is 3.41. The Balaban J connectivity index is 2.88. The summed E-state index contributed by atoms with van der Waals surface area (Å²) in [6, 6.07) is 6.68. The largest absolute Gasteiger partial charge is 0.444 e. The van der Waals surface area contributed by atoms with E-state index < -0.39 is 11.7 Å². The fraction of sp³-hybridized carbons (Fsp3) is 0.333. The minimum Gasteiger partial charge on any atom is -0.444 e. The highest BCUT2D eigenvalue weighted by Gasteiger charge is 2.17. The summed E-state index contributed by atoms with van der Waals surface area (Å²) in [5, 5.41) is 14.0. The van der Waals surface area contributed by atoms with Crippen LogP contribution < -0.4 is 5.32 Å². The first-order valence-electron chi connectivity index (χ1n) is 5.30. The third kappa shape index (κ3) is 4.25. The van der Waals surface area contributed by atoms with Crippen molar-refractivity contribution in [3.8, 4) is 0 Å². The van der Waals surface area contributed by atoms with E-state index in [0.29, 0.717) is 11.3 Å². The number of carbonyl (C=O) groups is 1. The molecule has 0 unspecified atom stereocenters. The van der Waals surface area contributed by atoms with Gasteiger partial charge in [-0.3, -0.25) is 5.32 Å². The third-order valence-electron chi connectivity index (χ3n) is 1.87. The number of halogens is 1. The van der Waals surface area contributed by atoms with Crippen molar-refractivity contribution in [1.82, 2.24) is 0 Å². The van der Waals surface area contributed by atoms with Gasteiger partial charge in [-0.2, -0.15) is 0 Å². The van der Waals surface area contributed by atoms with Gasteiger partial charge in [0.05, 0.1) is 5.69 Å². The lowest BCUT2D eigenvalue weighted by Crippen LogP contribution is -2.27. The molecule has 0 aliphatic heterocycles. The Labute approximate surface area is 110 Å². The van der Waals surface area contributed by atoms with Crippen LogP contribution in [0.3, 0.4) is 0 Å². The van der Waals surface area contributed by atoms with Crippen molar-refractivity contribution < 1.29 is 14.7 Å². The highest BCUT2D eigenvalue weighted by atomic mass is 35.5. The van der Waals surface area contributed by atoms with Crippen molar-refractivity contribution >= 4 is 28.6 Å². The molecule has 6 heteroatoms. The lowest BCUT2D eigenvalue weighted by molar-refractivity contribution is 0.0636. The molecule has 0 bridgehead atoms. The predicted molar refractivity (Wildman–Crippen MR) is 70.5 cm³/mol. The average molecular weight is 271 g/mol. The quantitative estimate of drug-likeness (QED) is 0.491. The third-order valence-corrected chi connectivity index (χ3v) is 2.15. The first kappa shape index (κ1) is 14.3. The zero-order valence-electron chi connectivity index (χ0n) is 10.4. The Hall–Kier alpha value is -1.75. The van der Waals surface area contributed by atoms with Crippen LogP contribution in [0.25, 0.3) is 0 Å². The number of rotatable bonds is 2. The minimum atomic E-state index is -0.600. The lowest BCUT2D eigenvalue weighted by atomic mass is 10.2. The average Bonchev–Trinajstić information content (AvgIpc) is 2.26. The first-order valence-corrected chi connectivity index (χ1v) is 5.68. The second kappa shape index (κ2) is 5.73. The summed E-state index contributed by atoms with van der Waals surface area (Å²) in [5.74, 6) is 0. The fourth-order valence-electron chi connectivity index (χ4n) is 1.24. The van der Waals surface area contributed by atoms with Gasteiger partial charge in [0.1, 0.15) is 5.60 Å². The van der Waals surface area contributed by atoms with Crippen LogP contribution in [0.4, 0.5) is 10.5 Å². The van der Waals surface area contributed by atoms with Gasteiger partial charge in [0.2, 0.25) is 0 Å². The Morgan fingerprint density at radius 2 is 2.00 bits per heavy atom. The summed E-state index contributed by atoms with van der Waals surface area (Å²) in [4.78, 5) is 11.6. The van der Waals surface area contributed by atoms with Crippen molar-refractivity contribution in [3.05, 3.63) is 29.8 Å². The summed E-state index contributed by atoms with van der Waals surface area (Å²) in [6.07, 6.45) is -0.600. The number of anilines is 1. The van der Waals surface area contributed by atoms with Gasteiger partial charge >= 0.3 is 6.09 Å². The molecule has 0 fully saturated rings. The molecule has 0 aliphatic carbocycles. The number of amides is 1. The molecule has 18 heavy (non-hydrogen) atoms. The number of ether oxygens (including phenoxy) is 1. The number of hydrogen-bond donors (Lipinski definition) is 2. The summed E-state index contributed by atoms with van der Waals surface area (Å²) in [6.45, 7) is 5.29. The van der Waals surface area contributed by atoms with Crippen LogP contribution in [0.2, 0.25) is 0 Å². The summed E-state index contributed by atoms with van der Waals surface area (Å²) in [7, 11) is 0. The number of oxime groups is 1. The number of carbonyl (C=O) groups excluding carboxylic acids is 1.